The van der Waals surface area contributed by atoms with Crippen LogP contribution < -0.4 is 10.5 Å². The lowest BCUT2D eigenvalue weighted by molar-refractivity contribution is -0.136. The molecule has 0 aliphatic carbocycles. The molecule has 1 atom stereocenters. The highest BCUT2D eigenvalue weighted by Gasteiger charge is 2.43. The van der Waals surface area contributed by atoms with Gasteiger partial charge in [-0.1, -0.05) is 35.3 Å². The van der Waals surface area contributed by atoms with Crippen LogP contribution >= 0.6 is 23.2 Å². The Kier molecular flexibility index (Phi) is 11.8. The minimum absolute atomic E-state index is 0.0643. The van der Waals surface area contributed by atoms with E-state index in [9.17, 15) is 26.4 Å². The summed E-state index contributed by atoms with van der Waals surface area (Å²) in [5.41, 5.74) is 8.21. The second-order valence-electron chi connectivity index (χ2n) is 12.2. The first-order chi connectivity index (χ1) is 24.5. The number of amidine groups is 1. The molecule has 0 radical (unpaired) electrons. The van der Waals surface area contributed by atoms with Crippen LogP contribution in [0, 0.1) is 12.3 Å². The van der Waals surface area contributed by atoms with Crippen LogP contribution in [0.15, 0.2) is 65.8 Å². The summed E-state index contributed by atoms with van der Waals surface area (Å²) in [6.45, 7) is 3.08. The summed E-state index contributed by atoms with van der Waals surface area (Å²) >= 11 is 13.2. The van der Waals surface area contributed by atoms with Crippen LogP contribution in [-0.2, 0) is 31.5 Å². The van der Waals surface area contributed by atoms with Gasteiger partial charge in [-0.2, -0.15) is 12.7 Å². The number of hydrogen-bond acceptors (Lipinski definition) is 9. The highest BCUT2D eigenvalue weighted by Crippen LogP contribution is 2.36. The normalized spacial score (nSPS) is 16.8. The van der Waals surface area contributed by atoms with Crippen molar-refractivity contribution < 1.29 is 35.7 Å². The van der Waals surface area contributed by atoms with Gasteiger partial charge in [0.2, 0.25) is 15.9 Å². The zero-order chi connectivity index (χ0) is 38.0. The van der Waals surface area contributed by atoms with Gasteiger partial charge >= 0.3 is 0 Å². The molecular weight excluding hydrogens is 757 g/mol. The lowest BCUT2D eigenvalue weighted by atomic mass is 10.1. The molecule has 1 unspecified atom stereocenters. The topological polar surface area (TPSA) is 209 Å². The van der Waals surface area contributed by atoms with Crippen LogP contribution in [0.4, 0.5) is 0 Å². The number of nitrogens with two attached hydrogens (primary N) is 1. The van der Waals surface area contributed by atoms with Crippen molar-refractivity contribution in [3.8, 4) is 5.75 Å². The summed E-state index contributed by atoms with van der Waals surface area (Å²) in [4.78, 5) is 34.3. The largest absolute Gasteiger partial charge is 0.485 e. The Labute approximate surface area is 311 Å². The number of imidazole rings is 1. The summed E-state index contributed by atoms with van der Waals surface area (Å²) in [6, 6.07) is 12.0. The number of nitrogens with zero attached hydrogens (tertiary/aromatic N) is 5. The van der Waals surface area contributed by atoms with Gasteiger partial charge in [0.25, 0.3) is 16.0 Å². The predicted molar refractivity (Wildman–Crippen MR) is 195 cm³/mol. The molecule has 4 aromatic rings. The molecule has 2 aromatic carbocycles. The van der Waals surface area contributed by atoms with Gasteiger partial charge in [0, 0.05) is 66.8 Å². The van der Waals surface area contributed by atoms with Crippen LogP contribution in [-0.4, -0.2) is 108 Å². The van der Waals surface area contributed by atoms with Crippen molar-refractivity contribution in [2.45, 2.75) is 37.3 Å². The van der Waals surface area contributed by atoms with Gasteiger partial charge in [-0.05, 0) is 56.2 Å². The van der Waals surface area contributed by atoms with Gasteiger partial charge in [-0.25, -0.2) is 13.4 Å². The average molecular weight is 795 g/mol. The summed E-state index contributed by atoms with van der Waals surface area (Å²) in [5.74, 6) is -0.0907. The maximum absolute atomic E-state index is 14.0. The molecule has 0 saturated carbocycles. The Bertz CT molecular complexity index is 2220. The van der Waals surface area contributed by atoms with E-state index in [0.29, 0.717) is 60.3 Å². The molecule has 2 saturated heterocycles. The molecule has 4 heterocycles. The fraction of sp³-hybridized carbons (Fsp3) is 0.333. The van der Waals surface area contributed by atoms with Crippen LogP contribution in [0.3, 0.4) is 0 Å². The maximum atomic E-state index is 14.0. The quantitative estimate of drug-likeness (QED) is 0.134. The number of aryl methyl sites for hydroxylation is 1. The monoisotopic (exact) mass is 793 g/mol. The summed E-state index contributed by atoms with van der Waals surface area (Å²) in [5, 5.41) is 7.71. The first-order valence-corrected chi connectivity index (χ1v) is 20.0. The first kappa shape index (κ1) is 39.0. The molecule has 6 rings (SSSR count). The third kappa shape index (κ3) is 8.85. The van der Waals surface area contributed by atoms with Crippen molar-refractivity contribution in [1.29, 1.82) is 5.41 Å². The number of aromatic nitrogens is 2. The predicted octanol–water partition coefficient (Wildman–Crippen LogP) is 3.45. The van der Waals surface area contributed by atoms with Crippen LogP contribution in [0.2, 0.25) is 10.0 Å². The van der Waals surface area contributed by atoms with Crippen molar-refractivity contribution >= 4 is 66.6 Å². The van der Waals surface area contributed by atoms with Gasteiger partial charge in [-0.3, -0.25) is 19.6 Å². The minimum atomic E-state index is -4.19. The molecule has 2 aromatic heterocycles. The fourth-order valence-corrected chi connectivity index (χ4v) is 8.51. The number of benzene rings is 2. The molecule has 2 fully saturated rings. The minimum Gasteiger partial charge on any atom is -0.485 e. The highest BCUT2D eigenvalue weighted by atomic mass is 35.5. The molecule has 52 heavy (non-hydrogen) atoms. The molecular formula is C33H37Cl2N7O8S2. The number of fused-ring (bicyclic) bond motifs is 1. The highest BCUT2D eigenvalue weighted by molar-refractivity contribution is 7.89. The fourth-order valence-electron chi connectivity index (χ4n) is 6.00. The van der Waals surface area contributed by atoms with Gasteiger partial charge < -0.3 is 24.7 Å². The van der Waals surface area contributed by atoms with E-state index >= 15 is 0 Å². The van der Waals surface area contributed by atoms with Gasteiger partial charge in [0.1, 0.15) is 23.4 Å². The molecule has 15 nitrogen and oxygen atoms in total. The van der Waals surface area contributed by atoms with E-state index in [1.54, 1.807) is 40.1 Å². The summed E-state index contributed by atoms with van der Waals surface area (Å²) < 4.78 is 63.0. The van der Waals surface area contributed by atoms with Crippen molar-refractivity contribution in [2.24, 2.45) is 5.73 Å². The Balaban J connectivity index is 0.000000979. The second-order valence-corrected chi connectivity index (χ2v) is 16.3. The van der Waals surface area contributed by atoms with E-state index in [1.165, 1.54) is 16.4 Å². The average Bonchev–Trinajstić information content (AvgIpc) is 3.74. The van der Waals surface area contributed by atoms with E-state index in [4.69, 9.17) is 43.6 Å². The molecule has 2 amide bonds. The molecule has 2 aliphatic heterocycles. The van der Waals surface area contributed by atoms with E-state index < -0.39 is 26.2 Å². The zero-order valence-corrected chi connectivity index (χ0v) is 31.3. The number of sulfonamides is 1. The number of pyridine rings is 1. The Morgan fingerprint density at radius 2 is 1.60 bits per heavy atom. The number of nitrogens with one attached hydrogen (secondary N) is 1. The molecule has 0 spiro atoms. The number of ether oxygens (including phenoxy) is 1. The number of carbonyl (C=O) groups is 2. The van der Waals surface area contributed by atoms with E-state index in [1.807, 2.05) is 29.8 Å². The van der Waals surface area contributed by atoms with E-state index in [0.717, 1.165) is 5.69 Å². The number of rotatable bonds is 8. The maximum Gasteiger partial charge on any atom is 0.261 e. The third-order valence-corrected chi connectivity index (χ3v) is 11.3. The van der Waals surface area contributed by atoms with Crippen LogP contribution in [0.1, 0.15) is 40.0 Å². The SMILES string of the molecule is CS(=O)(=O)O.Cc1cn2cccc(OCc3c(Cl)ccc(S(=O)(=O)N4CCCC4C(=O)N4CCN(C(=O)c5ccc(C(=N)N)cc5)CC4)c3Cl)c2n1. The Morgan fingerprint density at radius 3 is 2.23 bits per heavy atom. The number of nitrogen functional groups attached to an aromatic ring is 1. The number of hydrogen-bond donors (Lipinski definition) is 3. The number of halogens is 2. The van der Waals surface area contributed by atoms with Gasteiger partial charge in [0.15, 0.2) is 11.4 Å². The lowest BCUT2D eigenvalue weighted by Crippen LogP contribution is -2.55. The Morgan fingerprint density at radius 1 is 0.981 bits per heavy atom. The van der Waals surface area contributed by atoms with Crippen molar-refractivity contribution in [3.05, 3.63) is 93.4 Å². The van der Waals surface area contributed by atoms with Crippen LogP contribution in [0.5, 0.6) is 5.75 Å². The summed E-state index contributed by atoms with van der Waals surface area (Å²) in [6.07, 6.45) is 5.31. The molecule has 4 N–H and O–H groups in total. The van der Waals surface area contributed by atoms with Gasteiger partial charge in [0.05, 0.1) is 17.0 Å². The summed E-state index contributed by atoms with van der Waals surface area (Å²) in [7, 11) is -7.86. The van der Waals surface area contributed by atoms with Crippen molar-refractivity contribution in [2.75, 3.05) is 39.0 Å². The number of piperazine rings is 1. The number of carbonyl (C=O) groups excluding carboxylic acids is 2. The number of amides is 2. The second kappa shape index (κ2) is 15.8. The molecule has 278 valence electrons. The molecule has 0 bridgehead atoms. The zero-order valence-electron chi connectivity index (χ0n) is 28.2. The van der Waals surface area contributed by atoms with Crippen molar-refractivity contribution in [3.63, 3.8) is 0 Å². The first-order valence-electron chi connectivity index (χ1n) is 16.0. The van der Waals surface area contributed by atoms with Crippen LogP contribution in [0.25, 0.3) is 5.65 Å². The van der Waals surface area contributed by atoms with E-state index in [2.05, 4.69) is 4.98 Å². The molecule has 2 aliphatic rings. The third-order valence-electron chi connectivity index (χ3n) is 8.49. The standard InChI is InChI=1S/C32H33Cl2N7O5S.CH4O3S/c1-20-18-40-12-3-5-26(30(40)37-20)46-19-23-24(33)10-11-27(28(23)34)47(44,45)41-13-2-4-25(41)32(43)39-16-14-38(15-17-39)31(42)22-8-6-21(7-9-22)29(35)36;1-5(2,3)4/h3,5-12,18,25H,2,4,13-17,19H2,1H3,(H3,35,36);1H3,(H,2,3,4). The van der Waals surface area contributed by atoms with Gasteiger partial charge in [-0.15, -0.1) is 0 Å². The smallest absolute Gasteiger partial charge is 0.261 e. The Hall–Kier alpha value is -4.26. The van der Waals surface area contributed by atoms with Crippen molar-refractivity contribution in [1.82, 2.24) is 23.5 Å². The molecule has 19 heteroatoms. The lowest BCUT2D eigenvalue weighted by Gasteiger charge is -2.37. The van der Waals surface area contributed by atoms with E-state index in [-0.39, 0.29) is 58.8 Å².